The molecule has 0 aliphatic heterocycles. The number of sulfonamides is 1. The third-order valence-electron chi connectivity index (χ3n) is 2.71. The Morgan fingerprint density at radius 3 is 2.50 bits per heavy atom. The number of H-pyrrole nitrogens is 2. The lowest BCUT2D eigenvalue weighted by Gasteiger charge is -2.09. The molecule has 22 heavy (non-hydrogen) atoms. The summed E-state index contributed by atoms with van der Waals surface area (Å²) >= 11 is 0. The molecule has 10 heteroatoms. The first kappa shape index (κ1) is 15.5. The van der Waals surface area contributed by atoms with Crippen LogP contribution < -0.4 is 16.0 Å². The van der Waals surface area contributed by atoms with Crippen molar-refractivity contribution in [3.63, 3.8) is 0 Å². The number of carboxylic acids is 1. The Morgan fingerprint density at radius 2 is 1.91 bits per heavy atom. The minimum absolute atomic E-state index is 0.0232. The monoisotopic (exact) mass is 325 g/mol. The first-order valence-corrected chi connectivity index (χ1v) is 7.38. The van der Waals surface area contributed by atoms with E-state index in [0.29, 0.717) is 0 Å². The van der Waals surface area contributed by atoms with Crippen molar-refractivity contribution in [2.24, 2.45) is 0 Å². The predicted molar refractivity (Wildman–Crippen MR) is 76.6 cm³/mol. The highest BCUT2D eigenvalue weighted by Crippen LogP contribution is 2.16. The highest BCUT2D eigenvalue weighted by atomic mass is 32.2. The molecule has 0 saturated carbocycles. The zero-order chi connectivity index (χ0) is 16.5. The van der Waals surface area contributed by atoms with E-state index in [0.717, 1.165) is 6.07 Å². The molecule has 2 rings (SSSR count). The molecule has 0 unspecified atom stereocenters. The van der Waals surface area contributed by atoms with Gasteiger partial charge in [0.2, 0.25) is 0 Å². The lowest BCUT2D eigenvalue weighted by atomic mass is 10.2. The lowest BCUT2D eigenvalue weighted by Crippen LogP contribution is -2.31. The molecule has 0 aliphatic carbocycles. The highest BCUT2D eigenvalue weighted by molar-refractivity contribution is 7.92. The smallest absolute Gasteiger partial charge is 0.335 e. The van der Waals surface area contributed by atoms with E-state index in [2.05, 4.69) is 9.71 Å². The minimum atomic E-state index is -4.29. The van der Waals surface area contributed by atoms with Gasteiger partial charge in [-0.15, -0.1) is 0 Å². The first-order chi connectivity index (χ1) is 10.2. The van der Waals surface area contributed by atoms with Gasteiger partial charge in [-0.2, -0.15) is 0 Å². The molecule has 0 fully saturated rings. The minimum Gasteiger partial charge on any atom is -0.478 e. The van der Waals surface area contributed by atoms with Crippen molar-refractivity contribution in [1.29, 1.82) is 0 Å². The molecular weight excluding hydrogens is 314 g/mol. The fraction of sp³-hybridized carbons (Fsp3) is 0.0833. The maximum absolute atomic E-state index is 12.2. The van der Waals surface area contributed by atoms with Crippen molar-refractivity contribution in [3.8, 4) is 0 Å². The zero-order valence-electron chi connectivity index (χ0n) is 11.2. The van der Waals surface area contributed by atoms with Crippen molar-refractivity contribution in [2.45, 2.75) is 11.8 Å². The van der Waals surface area contributed by atoms with Crippen molar-refractivity contribution >= 4 is 21.7 Å². The lowest BCUT2D eigenvalue weighted by molar-refractivity contribution is 0.0697. The number of aryl methyl sites for hydroxylation is 1. The van der Waals surface area contributed by atoms with Crippen LogP contribution in [-0.2, 0) is 10.0 Å². The van der Waals surface area contributed by atoms with Gasteiger partial charge in [0, 0.05) is 11.4 Å². The zero-order valence-corrected chi connectivity index (χ0v) is 12.0. The Labute approximate surface area is 123 Å². The van der Waals surface area contributed by atoms with Crippen molar-refractivity contribution in [2.75, 3.05) is 4.72 Å². The molecule has 116 valence electrons. The van der Waals surface area contributed by atoms with Gasteiger partial charge in [-0.25, -0.2) is 18.0 Å². The molecule has 4 N–H and O–H groups in total. The number of aromatic nitrogens is 2. The average Bonchev–Trinajstić information content (AvgIpc) is 2.36. The topological polar surface area (TPSA) is 149 Å². The maximum Gasteiger partial charge on any atom is 0.335 e. The summed E-state index contributed by atoms with van der Waals surface area (Å²) in [6, 6.07) is 5.08. The van der Waals surface area contributed by atoms with Gasteiger partial charge in [0.25, 0.3) is 15.6 Å². The number of benzene rings is 1. The van der Waals surface area contributed by atoms with Crippen LogP contribution in [0.15, 0.2) is 38.8 Å². The number of hydrogen-bond acceptors (Lipinski definition) is 5. The van der Waals surface area contributed by atoms with Gasteiger partial charge in [0.15, 0.2) is 4.90 Å². The summed E-state index contributed by atoms with van der Waals surface area (Å²) in [4.78, 5) is 37.0. The Morgan fingerprint density at radius 1 is 1.23 bits per heavy atom. The molecule has 1 aromatic carbocycles. The average molecular weight is 325 g/mol. The van der Waals surface area contributed by atoms with Crippen molar-refractivity contribution in [1.82, 2.24) is 9.97 Å². The Hall–Kier alpha value is -2.88. The Bertz CT molecular complexity index is 957. The second-order valence-corrected chi connectivity index (χ2v) is 5.97. The molecule has 0 radical (unpaired) electrons. The van der Waals surface area contributed by atoms with Crippen LogP contribution in [0.2, 0.25) is 0 Å². The molecule has 0 amide bonds. The van der Waals surface area contributed by atoms with Crippen LogP contribution in [0, 0.1) is 6.92 Å². The number of hydrogen-bond donors (Lipinski definition) is 4. The standard InChI is InChI=1S/C12H11N3O6S/c1-6-9(10(16)14-12(19)13-6)22(20,21)15-8-4-2-3-7(5-8)11(17)18/h2-5,15H,1H3,(H,17,18)(H2,13,14,16,19). The van der Waals surface area contributed by atoms with Gasteiger partial charge in [-0.05, 0) is 25.1 Å². The maximum atomic E-state index is 12.2. The summed E-state index contributed by atoms with van der Waals surface area (Å²) in [5.41, 5.74) is -2.16. The van der Waals surface area contributed by atoms with E-state index in [4.69, 9.17) is 5.11 Å². The van der Waals surface area contributed by atoms with Crippen molar-refractivity contribution < 1.29 is 18.3 Å². The summed E-state index contributed by atoms with van der Waals surface area (Å²) in [6.07, 6.45) is 0. The Balaban J connectivity index is 2.49. The summed E-state index contributed by atoms with van der Waals surface area (Å²) in [6.45, 7) is 1.26. The van der Waals surface area contributed by atoms with Crippen LogP contribution in [0.25, 0.3) is 0 Å². The number of anilines is 1. The van der Waals surface area contributed by atoms with E-state index >= 15 is 0 Å². The van der Waals surface area contributed by atoms with Gasteiger partial charge in [-0.1, -0.05) is 6.07 Å². The van der Waals surface area contributed by atoms with E-state index < -0.39 is 32.1 Å². The van der Waals surface area contributed by atoms with E-state index in [1.807, 2.05) is 4.98 Å². The molecule has 0 spiro atoms. The van der Waals surface area contributed by atoms with Crippen LogP contribution in [-0.4, -0.2) is 29.5 Å². The number of rotatable bonds is 4. The fourth-order valence-electron chi connectivity index (χ4n) is 1.83. The van der Waals surface area contributed by atoms with Crippen molar-refractivity contribution in [3.05, 3.63) is 56.4 Å². The van der Waals surface area contributed by atoms with Crippen LogP contribution in [0.3, 0.4) is 0 Å². The van der Waals surface area contributed by atoms with Gasteiger partial charge in [0.1, 0.15) is 0 Å². The largest absolute Gasteiger partial charge is 0.478 e. The SMILES string of the molecule is Cc1[nH]c(=O)[nH]c(=O)c1S(=O)(=O)Nc1cccc(C(=O)O)c1. The van der Waals surface area contributed by atoms with Gasteiger partial charge in [0.05, 0.1) is 5.56 Å². The number of aromatic carboxylic acids is 1. The molecule has 0 saturated heterocycles. The molecule has 1 heterocycles. The van der Waals surface area contributed by atoms with Gasteiger partial charge in [-0.3, -0.25) is 14.5 Å². The second kappa shape index (κ2) is 5.48. The summed E-state index contributed by atoms with van der Waals surface area (Å²) in [7, 11) is -4.29. The molecular formula is C12H11N3O6S. The van der Waals surface area contributed by atoms with Gasteiger partial charge < -0.3 is 10.1 Å². The Kier molecular flexibility index (Phi) is 3.87. The van der Waals surface area contributed by atoms with E-state index in [1.165, 1.54) is 25.1 Å². The van der Waals surface area contributed by atoms with Crippen LogP contribution in [0.5, 0.6) is 0 Å². The van der Waals surface area contributed by atoms with Crippen LogP contribution in [0.4, 0.5) is 5.69 Å². The summed E-state index contributed by atoms with van der Waals surface area (Å²) in [5.74, 6) is -1.22. The highest BCUT2D eigenvalue weighted by Gasteiger charge is 2.22. The molecule has 2 aromatic rings. The van der Waals surface area contributed by atoms with E-state index in [1.54, 1.807) is 0 Å². The molecule has 0 bridgehead atoms. The number of nitrogens with one attached hydrogen (secondary N) is 3. The predicted octanol–water partition coefficient (Wildman–Crippen LogP) is -0.129. The second-order valence-electron chi connectivity index (χ2n) is 4.35. The first-order valence-electron chi connectivity index (χ1n) is 5.90. The van der Waals surface area contributed by atoms with E-state index in [-0.39, 0.29) is 16.9 Å². The van der Waals surface area contributed by atoms with Crippen LogP contribution in [0.1, 0.15) is 16.1 Å². The normalized spacial score (nSPS) is 11.1. The van der Waals surface area contributed by atoms with Crippen LogP contribution >= 0.6 is 0 Å². The number of aromatic amines is 2. The number of carboxylic acid groups (broad SMARTS) is 1. The fourth-order valence-corrected chi connectivity index (χ4v) is 3.12. The van der Waals surface area contributed by atoms with Gasteiger partial charge >= 0.3 is 11.7 Å². The summed E-state index contributed by atoms with van der Waals surface area (Å²) in [5, 5.41) is 8.87. The summed E-state index contributed by atoms with van der Waals surface area (Å²) < 4.78 is 26.6. The quantitative estimate of drug-likeness (QED) is 0.615. The molecule has 9 nitrogen and oxygen atoms in total. The molecule has 1 aromatic heterocycles. The molecule has 0 atom stereocenters. The number of carbonyl (C=O) groups is 1. The third kappa shape index (κ3) is 3.06. The molecule has 0 aliphatic rings. The van der Waals surface area contributed by atoms with E-state index in [9.17, 15) is 22.8 Å². The third-order valence-corrected chi connectivity index (χ3v) is 4.24.